The van der Waals surface area contributed by atoms with Crippen LogP contribution in [-0.2, 0) is 26.4 Å². The molecule has 1 atom stereocenters. The molecular formula is C16H13ClN2O4S2. The minimum atomic E-state index is -3.49. The van der Waals surface area contributed by atoms with Crippen molar-refractivity contribution in [2.75, 3.05) is 6.26 Å². The molecule has 0 amide bonds. The molecule has 2 aromatic carbocycles. The molecule has 0 spiro atoms. The third kappa shape index (κ3) is 3.97. The lowest BCUT2D eigenvalue weighted by Gasteiger charge is -2.05. The second-order valence-electron chi connectivity index (χ2n) is 5.20. The van der Waals surface area contributed by atoms with Gasteiger partial charge in [-0.15, -0.1) is 0 Å². The lowest BCUT2D eigenvalue weighted by Crippen LogP contribution is -2.06. The number of aromatic nitrogens is 2. The molecule has 130 valence electrons. The number of hydrogen-bond donors (Lipinski definition) is 0. The molecule has 25 heavy (non-hydrogen) atoms. The van der Waals surface area contributed by atoms with E-state index in [9.17, 15) is 12.6 Å². The summed E-state index contributed by atoms with van der Waals surface area (Å²) in [6, 6.07) is 13.1. The Morgan fingerprint density at radius 1 is 1.12 bits per heavy atom. The van der Waals surface area contributed by atoms with Crippen LogP contribution in [0.1, 0.15) is 5.82 Å². The molecule has 1 heterocycles. The summed E-state index contributed by atoms with van der Waals surface area (Å²) >= 11 is 6.09. The Morgan fingerprint density at radius 2 is 1.80 bits per heavy atom. The smallest absolute Gasteiger partial charge is 0.259 e. The van der Waals surface area contributed by atoms with E-state index in [2.05, 4.69) is 10.1 Å². The first-order chi connectivity index (χ1) is 11.9. The lowest BCUT2D eigenvalue weighted by molar-refractivity contribution is 0.425. The molecule has 1 aromatic heterocycles. The highest BCUT2D eigenvalue weighted by Crippen LogP contribution is 2.26. The summed E-state index contributed by atoms with van der Waals surface area (Å²) in [5.74, 6) is 0.353. The van der Waals surface area contributed by atoms with Crippen LogP contribution in [0.25, 0.3) is 11.5 Å². The Hall–Kier alpha value is -2.03. The van der Waals surface area contributed by atoms with Gasteiger partial charge in [0.15, 0.2) is 15.7 Å². The zero-order valence-corrected chi connectivity index (χ0v) is 15.4. The van der Waals surface area contributed by atoms with Crippen molar-refractivity contribution >= 4 is 32.2 Å². The lowest BCUT2D eigenvalue weighted by atomic mass is 10.2. The fraction of sp³-hybridized carbons (Fsp3) is 0.125. The van der Waals surface area contributed by atoms with Crippen LogP contribution in [0.4, 0.5) is 0 Å². The molecule has 0 saturated carbocycles. The van der Waals surface area contributed by atoms with Gasteiger partial charge in [0.05, 0.1) is 36.9 Å². The Morgan fingerprint density at radius 3 is 2.52 bits per heavy atom. The van der Waals surface area contributed by atoms with Crippen molar-refractivity contribution in [2.45, 2.75) is 15.5 Å². The number of halogens is 1. The van der Waals surface area contributed by atoms with Crippen molar-refractivity contribution in [1.29, 1.82) is 0 Å². The molecule has 0 saturated heterocycles. The van der Waals surface area contributed by atoms with Crippen molar-refractivity contribution in [1.82, 2.24) is 10.1 Å². The first-order valence-electron chi connectivity index (χ1n) is 7.11. The van der Waals surface area contributed by atoms with E-state index in [1.165, 1.54) is 12.1 Å². The van der Waals surface area contributed by atoms with Crippen molar-refractivity contribution in [2.24, 2.45) is 0 Å². The van der Waals surface area contributed by atoms with Crippen LogP contribution in [-0.4, -0.2) is 29.0 Å². The number of benzene rings is 2. The maximum Gasteiger partial charge on any atom is 0.259 e. The average molecular weight is 397 g/mol. The second kappa shape index (κ2) is 7.07. The molecule has 0 unspecified atom stereocenters. The van der Waals surface area contributed by atoms with E-state index < -0.39 is 20.6 Å². The Labute approximate surface area is 152 Å². The van der Waals surface area contributed by atoms with E-state index in [0.29, 0.717) is 10.6 Å². The van der Waals surface area contributed by atoms with Gasteiger partial charge in [0, 0.05) is 6.26 Å². The first kappa shape index (κ1) is 17.8. The minimum absolute atomic E-state index is 0.0307. The Kier molecular flexibility index (Phi) is 5.03. The van der Waals surface area contributed by atoms with Crippen LogP contribution in [0.5, 0.6) is 0 Å². The number of rotatable bonds is 5. The summed E-state index contributed by atoms with van der Waals surface area (Å²) in [7, 11) is -5.13. The zero-order valence-electron chi connectivity index (χ0n) is 13.0. The van der Waals surface area contributed by atoms with Gasteiger partial charge in [0.1, 0.15) is 0 Å². The summed E-state index contributed by atoms with van der Waals surface area (Å²) in [5.41, 5.74) is 0.574. The number of hydrogen-bond acceptors (Lipinski definition) is 6. The standard InChI is InChI=1S/C16H13ClN2O4S2/c1-25(21,22)14-9-5-4-8-13(14)24(20)10-15-18-16(23-19-15)11-6-2-3-7-12(11)17/h2-9H,10H2,1H3/t24-/m0/s1. The summed E-state index contributed by atoms with van der Waals surface area (Å²) in [4.78, 5) is 4.44. The molecule has 0 radical (unpaired) electrons. The van der Waals surface area contributed by atoms with Crippen molar-refractivity contribution in [3.63, 3.8) is 0 Å². The summed E-state index contributed by atoms with van der Waals surface area (Å²) in [6.07, 6.45) is 1.08. The molecule has 0 aliphatic rings. The fourth-order valence-corrected chi connectivity index (χ4v) is 4.94. The van der Waals surface area contributed by atoms with Gasteiger partial charge >= 0.3 is 0 Å². The SMILES string of the molecule is CS(=O)(=O)c1ccccc1[S@@](=O)Cc1noc(-c2ccccc2Cl)n1. The van der Waals surface area contributed by atoms with Crippen molar-refractivity contribution in [3.05, 3.63) is 59.4 Å². The van der Waals surface area contributed by atoms with Gasteiger partial charge in [0.2, 0.25) is 0 Å². The van der Waals surface area contributed by atoms with E-state index >= 15 is 0 Å². The maximum absolute atomic E-state index is 12.6. The zero-order chi connectivity index (χ0) is 18.0. The maximum atomic E-state index is 12.6. The summed E-state index contributed by atoms with van der Waals surface area (Å²) in [6.45, 7) is 0. The number of sulfone groups is 1. The molecule has 9 heteroatoms. The van der Waals surface area contributed by atoms with Crippen LogP contribution in [0.3, 0.4) is 0 Å². The predicted molar refractivity (Wildman–Crippen MR) is 94.4 cm³/mol. The highest BCUT2D eigenvalue weighted by Gasteiger charge is 2.20. The van der Waals surface area contributed by atoms with Crippen LogP contribution in [0, 0.1) is 0 Å². The van der Waals surface area contributed by atoms with Crippen LogP contribution in [0.15, 0.2) is 62.8 Å². The fourth-order valence-electron chi connectivity index (χ4n) is 2.20. The molecule has 0 fully saturated rings. The Balaban J connectivity index is 1.88. The van der Waals surface area contributed by atoms with Crippen LogP contribution >= 0.6 is 11.6 Å². The molecule has 0 bridgehead atoms. The third-order valence-corrected chi connectivity index (χ3v) is 6.31. The predicted octanol–water partition coefficient (Wildman–Crippen LogP) is 3.10. The van der Waals surface area contributed by atoms with Gasteiger partial charge in [0.25, 0.3) is 5.89 Å². The van der Waals surface area contributed by atoms with Gasteiger partial charge in [-0.2, -0.15) is 4.98 Å². The van der Waals surface area contributed by atoms with Gasteiger partial charge in [-0.05, 0) is 24.3 Å². The molecule has 0 aliphatic carbocycles. The Bertz CT molecular complexity index is 1050. The minimum Gasteiger partial charge on any atom is -0.334 e. The monoisotopic (exact) mass is 396 g/mol. The van der Waals surface area contributed by atoms with E-state index in [-0.39, 0.29) is 27.3 Å². The normalized spacial score (nSPS) is 12.9. The van der Waals surface area contributed by atoms with Gasteiger partial charge in [-0.1, -0.05) is 41.0 Å². The summed E-state index contributed by atoms with van der Waals surface area (Å²) < 4.78 is 41.4. The molecule has 3 rings (SSSR count). The molecule has 3 aromatic rings. The van der Waals surface area contributed by atoms with Gasteiger partial charge in [-0.3, -0.25) is 4.21 Å². The summed E-state index contributed by atoms with van der Waals surface area (Å²) in [5, 5.41) is 4.26. The molecular weight excluding hydrogens is 384 g/mol. The molecule has 6 nitrogen and oxygen atoms in total. The van der Waals surface area contributed by atoms with Crippen molar-refractivity contribution in [3.8, 4) is 11.5 Å². The highest BCUT2D eigenvalue weighted by atomic mass is 35.5. The second-order valence-corrected chi connectivity index (χ2v) is 9.02. The topological polar surface area (TPSA) is 90.1 Å². The molecule has 0 aliphatic heterocycles. The van der Waals surface area contributed by atoms with E-state index in [1.54, 1.807) is 36.4 Å². The van der Waals surface area contributed by atoms with Gasteiger partial charge in [-0.25, -0.2) is 8.42 Å². The molecule has 0 N–H and O–H groups in total. The van der Waals surface area contributed by atoms with E-state index in [4.69, 9.17) is 16.1 Å². The van der Waals surface area contributed by atoms with E-state index in [1.807, 2.05) is 0 Å². The van der Waals surface area contributed by atoms with Crippen LogP contribution < -0.4 is 0 Å². The quantitative estimate of drug-likeness (QED) is 0.658. The number of nitrogens with zero attached hydrogens (tertiary/aromatic N) is 2. The highest BCUT2D eigenvalue weighted by molar-refractivity contribution is 7.92. The largest absolute Gasteiger partial charge is 0.334 e. The van der Waals surface area contributed by atoms with Crippen molar-refractivity contribution < 1.29 is 17.1 Å². The third-order valence-electron chi connectivity index (χ3n) is 3.33. The van der Waals surface area contributed by atoms with Crippen LogP contribution in [0.2, 0.25) is 5.02 Å². The van der Waals surface area contributed by atoms with Gasteiger partial charge < -0.3 is 4.52 Å². The van der Waals surface area contributed by atoms with E-state index in [0.717, 1.165) is 6.26 Å². The first-order valence-corrected chi connectivity index (χ1v) is 10.7. The average Bonchev–Trinajstić information content (AvgIpc) is 3.02.